The first-order chi connectivity index (χ1) is 10.0. The molecule has 0 saturated heterocycles. The average molecular weight is 306 g/mol. The van der Waals surface area contributed by atoms with Crippen LogP contribution in [0, 0.1) is 11.6 Å². The van der Waals surface area contributed by atoms with E-state index in [-0.39, 0.29) is 5.82 Å². The topological polar surface area (TPSA) is 37.3 Å². The molecule has 2 aromatic carbocycles. The molecule has 0 heterocycles. The first-order valence-electron chi connectivity index (χ1n) is 6.12. The van der Waals surface area contributed by atoms with Crippen molar-refractivity contribution in [3.8, 4) is 0 Å². The fraction of sp³-hybridized carbons (Fsp3) is 0.0625. The maximum absolute atomic E-state index is 13.5. The SMILES string of the molecule is O=C(O)C=Cc1cc(F)cc(CSc2ccc(F)cc2)c1. The van der Waals surface area contributed by atoms with Crippen LogP contribution < -0.4 is 0 Å². The van der Waals surface area contributed by atoms with E-state index in [1.807, 2.05) is 0 Å². The third-order valence-electron chi connectivity index (χ3n) is 2.62. The van der Waals surface area contributed by atoms with Crippen molar-refractivity contribution in [3.63, 3.8) is 0 Å². The van der Waals surface area contributed by atoms with Gasteiger partial charge in [-0.25, -0.2) is 13.6 Å². The number of thioether (sulfide) groups is 1. The molecule has 21 heavy (non-hydrogen) atoms. The molecule has 5 heteroatoms. The predicted molar refractivity (Wildman–Crippen MR) is 79.0 cm³/mol. The summed E-state index contributed by atoms with van der Waals surface area (Å²) in [5, 5.41) is 8.57. The molecular formula is C16H12F2O2S. The molecule has 1 N–H and O–H groups in total. The van der Waals surface area contributed by atoms with Crippen molar-refractivity contribution in [2.45, 2.75) is 10.6 Å². The lowest BCUT2D eigenvalue weighted by Gasteiger charge is -2.04. The normalized spacial score (nSPS) is 11.0. The fourth-order valence-electron chi connectivity index (χ4n) is 1.72. The molecule has 2 aromatic rings. The van der Waals surface area contributed by atoms with Crippen molar-refractivity contribution in [1.82, 2.24) is 0 Å². The maximum Gasteiger partial charge on any atom is 0.328 e. The number of hydrogen-bond donors (Lipinski definition) is 1. The Morgan fingerprint density at radius 2 is 1.81 bits per heavy atom. The van der Waals surface area contributed by atoms with Gasteiger partial charge in [-0.2, -0.15) is 0 Å². The van der Waals surface area contributed by atoms with Crippen LogP contribution in [-0.2, 0) is 10.5 Å². The van der Waals surface area contributed by atoms with Gasteiger partial charge >= 0.3 is 5.97 Å². The van der Waals surface area contributed by atoms with Gasteiger partial charge in [-0.05, 0) is 53.6 Å². The van der Waals surface area contributed by atoms with Crippen LogP contribution in [0.2, 0.25) is 0 Å². The van der Waals surface area contributed by atoms with E-state index in [9.17, 15) is 13.6 Å². The van der Waals surface area contributed by atoms with E-state index in [4.69, 9.17) is 5.11 Å². The Balaban J connectivity index is 2.09. The zero-order chi connectivity index (χ0) is 15.2. The highest BCUT2D eigenvalue weighted by Gasteiger charge is 2.02. The van der Waals surface area contributed by atoms with Crippen LogP contribution in [0.25, 0.3) is 6.08 Å². The summed E-state index contributed by atoms with van der Waals surface area (Å²) in [5.41, 5.74) is 1.22. The molecule has 0 saturated carbocycles. The number of carboxylic acid groups (broad SMARTS) is 1. The molecule has 108 valence electrons. The second-order valence-corrected chi connectivity index (χ2v) is 5.36. The average Bonchev–Trinajstić information content (AvgIpc) is 2.44. The van der Waals surface area contributed by atoms with Crippen LogP contribution in [0.1, 0.15) is 11.1 Å². The van der Waals surface area contributed by atoms with Gasteiger partial charge in [0.05, 0.1) is 0 Å². The van der Waals surface area contributed by atoms with E-state index < -0.39 is 11.8 Å². The Labute approximate surface area is 125 Å². The van der Waals surface area contributed by atoms with Crippen molar-refractivity contribution in [3.05, 3.63) is 71.3 Å². The van der Waals surface area contributed by atoms with Crippen LogP contribution in [0.3, 0.4) is 0 Å². The number of hydrogen-bond acceptors (Lipinski definition) is 2. The summed E-state index contributed by atoms with van der Waals surface area (Å²) in [7, 11) is 0. The van der Waals surface area contributed by atoms with E-state index >= 15 is 0 Å². The molecule has 0 aliphatic carbocycles. The van der Waals surface area contributed by atoms with E-state index in [2.05, 4.69) is 0 Å². The van der Waals surface area contributed by atoms with Crippen molar-refractivity contribution in [2.75, 3.05) is 0 Å². The van der Waals surface area contributed by atoms with E-state index in [0.717, 1.165) is 16.5 Å². The second-order valence-electron chi connectivity index (χ2n) is 4.31. The summed E-state index contributed by atoms with van der Waals surface area (Å²) in [6.45, 7) is 0. The fourth-order valence-corrected chi connectivity index (χ4v) is 2.55. The van der Waals surface area contributed by atoms with Gasteiger partial charge in [-0.15, -0.1) is 11.8 Å². The van der Waals surface area contributed by atoms with E-state index in [0.29, 0.717) is 11.3 Å². The van der Waals surface area contributed by atoms with E-state index in [1.165, 1.54) is 42.1 Å². The molecule has 2 rings (SSSR count). The quantitative estimate of drug-likeness (QED) is 0.659. The molecule has 2 nitrogen and oxygen atoms in total. The Morgan fingerprint density at radius 1 is 1.10 bits per heavy atom. The van der Waals surface area contributed by atoms with Crippen molar-refractivity contribution < 1.29 is 18.7 Å². The zero-order valence-corrected chi connectivity index (χ0v) is 11.7. The van der Waals surface area contributed by atoms with Gasteiger partial charge in [0.1, 0.15) is 11.6 Å². The summed E-state index contributed by atoms with van der Waals surface area (Å²) in [6, 6.07) is 10.4. The molecule has 0 amide bonds. The van der Waals surface area contributed by atoms with Crippen LogP contribution in [0.4, 0.5) is 8.78 Å². The van der Waals surface area contributed by atoms with Crippen molar-refractivity contribution in [2.24, 2.45) is 0 Å². The predicted octanol–water partition coefficient (Wildman–Crippen LogP) is 4.35. The summed E-state index contributed by atoms with van der Waals surface area (Å²) in [5.74, 6) is -1.29. The molecule has 0 aliphatic heterocycles. The first kappa shape index (κ1) is 15.3. The van der Waals surface area contributed by atoms with Crippen LogP contribution in [0.15, 0.2) is 53.4 Å². The van der Waals surface area contributed by atoms with Gasteiger partial charge in [-0.3, -0.25) is 0 Å². The molecule has 0 unspecified atom stereocenters. The van der Waals surface area contributed by atoms with Crippen LogP contribution in [0.5, 0.6) is 0 Å². The third kappa shape index (κ3) is 5.04. The minimum absolute atomic E-state index is 0.300. The van der Waals surface area contributed by atoms with Crippen LogP contribution in [-0.4, -0.2) is 11.1 Å². The lowest BCUT2D eigenvalue weighted by molar-refractivity contribution is -0.131. The minimum Gasteiger partial charge on any atom is -0.478 e. The Bertz CT molecular complexity index is 666. The highest BCUT2D eigenvalue weighted by atomic mass is 32.2. The number of rotatable bonds is 5. The lowest BCUT2D eigenvalue weighted by Crippen LogP contribution is -1.89. The standard InChI is InChI=1S/C16H12F2O2S/c17-13-2-4-15(5-3-13)21-10-12-7-11(1-6-16(19)20)8-14(18)9-12/h1-9H,10H2,(H,19,20). The first-order valence-corrected chi connectivity index (χ1v) is 7.10. The molecule has 0 radical (unpaired) electrons. The molecule has 0 fully saturated rings. The minimum atomic E-state index is -1.08. The smallest absolute Gasteiger partial charge is 0.328 e. The Hall–Kier alpha value is -2.14. The number of carboxylic acids is 1. The number of halogens is 2. The monoisotopic (exact) mass is 306 g/mol. The van der Waals surface area contributed by atoms with Gasteiger partial charge in [0, 0.05) is 16.7 Å². The van der Waals surface area contributed by atoms with Gasteiger partial charge in [0.15, 0.2) is 0 Å². The largest absolute Gasteiger partial charge is 0.478 e. The Morgan fingerprint density at radius 3 is 2.48 bits per heavy atom. The highest BCUT2D eigenvalue weighted by molar-refractivity contribution is 7.98. The molecule has 0 spiro atoms. The molecule has 0 atom stereocenters. The summed E-state index contributed by atoms with van der Waals surface area (Å²) in [6.07, 6.45) is 2.31. The molecule has 0 aromatic heterocycles. The molecular weight excluding hydrogens is 294 g/mol. The zero-order valence-electron chi connectivity index (χ0n) is 10.9. The summed E-state index contributed by atoms with van der Waals surface area (Å²) >= 11 is 1.45. The lowest BCUT2D eigenvalue weighted by atomic mass is 10.1. The maximum atomic E-state index is 13.5. The second kappa shape index (κ2) is 7.04. The van der Waals surface area contributed by atoms with Gasteiger partial charge in [0.25, 0.3) is 0 Å². The Kier molecular flexibility index (Phi) is 5.11. The number of benzene rings is 2. The van der Waals surface area contributed by atoms with Crippen molar-refractivity contribution in [1.29, 1.82) is 0 Å². The summed E-state index contributed by atoms with van der Waals surface area (Å²) in [4.78, 5) is 11.3. The summed E-state index contributed by atoms with van der Waals surface area (Å²) < 4.78 is 26.3. The number of aliphatic carboxylic acids is 1. The molecule has 0 bridgehead atoms. The highest BCUT2D eigenvalue weighted by Crippen LogP contribution is 2.24. The van der Waals surface area contributed by atoms with Crippen LogP contribution >= 0.6 is 11.8 Å². The van der Waals surface area contributed by atoms with Gasteiger partial charge < -0.3 is 5.11 Å². The van der Waals surface area contributed by atoms with Gasteiger partial charge in [0.2, 0.25) is 0 Å². The van der Waals surface area contributed by atoms with Gasteiger partial charge in [-0.1, -0.05) is 6.07 Å². The van der Waals surface area contributed by atoms with E-state index in [1.54, 1.807) is 18.2 Å². The third-order valence-corrected chi connectivity index (χ3v) is 3.70. The number of carbonyl (C=O) groups is 1. The molecule has 0 aliphatic rings. The van der Waals surface area contributed by atoms with Crippen molar-refractivity contribution >= 4 is 23.8 Å².